The van der Waals surface area contributed by atoms with E-state index in [1.165, 1.54) is 12.1 Å². The number of quaternary nitrogens is 1. The van der Waals surface area contributed by atoms with Gasteiger partial charge in [0.2, 0.25) is 0 Å². The third-order valence-electron chi connectivity index (χ3n) is 3.13. The molecule has 0 aliphatic carbocycles. The highest BCUT2D eigenvalue weighted by molar-refractivity contribution is 5.85. The SMILES string of the molecule is O=C([O-])C(F)(F)F.[NH3+][C@@H](Cc1c(C(F)(F)F)[nH]c2ccccc12)C(=O)O. The average molecular weight is 386 g/mol. The molecule has 0 amide bonds. The second kappa shape index (κ2) is 7.64. The first-order valence-corrected chi connectivity index (χ1v) is 6.76. The molecule has 1 aromatic heterocycles. The van der Waals surface area contributed by atoms with Gasteiger partial charge in [0.1, 0.15) is 11.7 Å². The van der Waals surface area contributed by atoms with Crippen LogP contribution in [0.2, 0.25) is 0 Å². The summed E-state index contributed by atoms with van der Waals surface area (Å²) in [5.74, 6) is -4.23. The molecule has 0 saturated carbocycles. The van der Waals surface area contributed by atoms with Crippen molar-refractivity contribution in [2.24, 2.45) is 0 Å². The van der Waals surface area contributed by atoms with Gasteiger partial charge in [0, 0.05) is 17.3 Å². The van der Waals surface area contributed by atoms with Crippen LogP contribution < -0.4 is 10.8 Å². The van der Waals surface area contributed by atoms with Crippen LogP contribution in [0.25, 0.3) is 10.9 Å². The second-order valence-electron chi connectivity index (χ2n) is 5.05. The first kappa shape index (κ1) is 21.3. The van der Waals surface area contributed by atoms with E-state index < -0.39 is 36.0 Å². The number of aliphatic carboxylic acids is 2. The molecule has 6 nitrogen and oxygen atoms in total. The van der Waals surface area contributed by atoms with Gasteiger partial charge in [0.15, 0.2) is 6.04 Å². The highest BCUT2D eigenvalue weighted by Crippen LogP contribution is 2.35. The zero-order valence-electron chi connectivity index (χ0n) is 12.7. The van der Waals surface area contributed by atoms with Crippen LogP contribution in [0.5, 0.6) is 0 Å². The van der Waals surface area contributed by atoms with Crippen LogP contribution >= 0.6 is 0 Å². The number of carboxylic acid groups (broad SMARTS) is 2. The van der Waals surface area contributed by atoms with Crippen molar-refractivity contribution >= 4 is 22.8 Å². The lowest BCUT2D eigenvalue weighted by molar-refractivity contribution is -0.407. The number of carboxylic acids is 2. The van der Waals surface area contributed by atoms with E-state index in [2.05, 4.69) is 10.7 Å². The summed E-state index contributed by atoms with van der Waals surface area (Å²) in [5.41, 5.74) is 2.75. The first-order valence-electron chi connectivity index (χ1n) is 6.76. The standard InChI is InChI=1S/C12H11F3N2O2.C2HF3O2/c13-12(14,15)10-7(5-8(16)11(18)19)6-3-1-2-4-9(6)17-10;3-2(4,5)1(6)7/h1-4,8,17H,5,16H2,(H,18,19);(H,6,7)/t8-;/m0./s1. The molecule has 0 spiro atoms. The Morgan fingerprint density at radius 1 is 1.15 bits per heavy atom. The van der Waals surface area contributed by atoms with E-state index >= 15 is 0 Å². The van der Waals surface area contributed by atoms with Gasteiger partial charge in [-0.1, -0.05) is 18.2 Å². The number of fused-ring (bicyclic) bond motifs is 1. The molecule has 144 valence electrons. The molecule has 26 heavy (non-hydrogen) atoms. The monoisotopic (exact) mass is 386 g/mol. The molecule has 5 N–H and O–H groups in total. The Morgan fingerprint density at radius 3 is 2.08 bits per heavy atom. The number of rotatable bonds is 3. The molecule has 0 fully saturated rings. The van der Waals surface area contributed by atoms with E-state index in [1.54, 1.807) is 12.1 Å². The third kappa shape index (κ3) is 5.37. The van der Waals surface area contributed by atoms with Crippen molar-refractivity contribution in [1.82, 2.24) is 4.98 Å². The molecule has 0 radical (unpaired) electrons. The molecule has 12 heteroatoms. The van der Waals surface area contributed by atoms with Crippen LogP contribution in [0, 0.1) is 0 Å². The minimum Gasteiger partial charge on any atom is -0.542 e. The van der Waals surface area contributed by atoms with Crippen molar-refractivity contribution in [3.05, 3.63) is 35.5 Å². The number of alkyl halides is 6. The highest BCUT2D eigenvalue weighted by atomic mass is 19.4. The van der Waals surface area contributed by atoms with Crippen molar-refractivity contribution in [3.8, 4) is 0 Å². The summed E-state index contributed by atoms with van der Waals surface area (Å²) in [7, 11) is 0. The zero-order valence-corrected chi connectivity index (χ0v) is 12.7. The number of nitrogens with one attached hydrogen (secondary N) is 1. The Balaban J connectivity index is 0.000000412. The first-order chi connectivity index (χ1) is 11.7. The number of aromatic amines is 1. The minimum absolute atomic E-state index is 0.0505. The van der Waals surface area contributed by atoms with Gasteiger partial charge < -0.3 is 25.7 Å². The van der Waals surface area contributed by atoms with E-state index in [-0.39, 0.29) is 12.0 Å². The van der Waals surface area contributed by atoms with Gasteiger partial charge in [-0.05, 0) is 11.6 Å². The number of H-pyrrole nitrogens is 1. The Morgan fingerprint density at radius 2 is 1.65 bits per heavy atom. The van der Waals surface area contributed by atoms with Crippen molar-refractivity contribution in [2.45, 2.75) is 24.8 Å². The molecule has 0 bridgehead atoms. The van der Waals surface area contributed by atoms with Crippen molar-refractivity contribution < 1.29 is 51.9 Å². The van der Waals surface area contributed by atoms with Gasteiger partial charge in [-0.25, -0.2) is 4.79 Å². The molecule has 2 aromatic rings. The topological polar surface area (TPSA) is 121 Å². The Labute approximate surface area is 141 Å². The fourth-order valence-corrected chi connectivity index (χ4v) is 1.99. The third-order valence-corrected chi connectivity index (χ3v) is 3.13. The molecule has 1 aromatic carbocycles. The number of halogens is 6. The quantitative estimate of drug-likeness (QED) is 0.673. The number of carbonyl (C=O) groups excluding carboxylic acids is 1. The maximum absolute atomic E-state index is 12.9. The van der Waals surface area contributed by atoms with E-state index in [4.69, 9.17) is 15.0 Å². The summed E-state index contributed by atoms with van der Waals surface area (Å²) in [6, 6.07) is 5.15. The van der Waals surface area contributed by atoms with Crippen LogP contribution in [0.3, 0.4) is 0 Å². The lowest BCUT2D eigenvalue weighted by Gasteiger charge is -2.09. The summed E-state index contributed by atoms with van der Waals surface area (Å²) in [5, 5.41) is 18.0. The molecule has 1 atom stereocenters. The number of benzene rings is 1. The van der Waals surface area contributed by atoms with Crippen LogP contribution in [0.15, 0.2) is 24.3 Å². The van der Waals surface area contributed by atoms with Gasteiger partial charge in [0.25, 0.3) is 0 Å². The molecule has 0 aliphatic heterocycles. The molecular weight excluding hydrogens is 374 g/mol. The van der Waals surface area contributed by atoms with E-state index in [9.17, 15) is 31.1 Å². The Kier molecular flexibility index (Phi) is 6.25. The van der Waals surface area contributed by atoms with E-state index in [0.717, 1.165) is 0 Å². The molecule has 0 aliphatic rings. The number of carbonyl (C=O) groups is 2. The van der Waals surface area contributed by atoms with Crippen molar-refractivity contribution in [1.29, 1.82) is 0 Å². The molecule has 2 rings (SSSR count). The summed E-state index contributed by atoms with van der Waals surface area (Å²) in [4.78, 5) is 21.9. The predicted octanol–water partition coefficient (Wildman–Crippen LogP) is 0.723. The van der Waals surface area contributed by atoms with Crippen LogP contribution in [0.1, 0.15) is 11.3 Å². The van der Waals surface area contributed by atoms with Gasteiger partial charge in [-0.3, -0.25) is 0 Å². The van der Waals surface area contributed by atoms with E-state index in [1.807, 2.05) is 0 Å². The minimum atomic E-state index is -5.19. The molecule has 0 saturated heterocycles. The normalized spacial score (nSPS) is 13.0. The van der Waals surface area contributed by atoms with Crippen molar-refractivity contribution in [3.63, 3.8) is 0 Å². The van der Waals surface area contributed by atoms with Gasteiger partial charge in [0.05, 0.1) is 0 Å². The zero-order chi connectivity index (χ0) is 20.3. The maximum atomic E-state index is 12.9. The lowest BCUT2D eigenvalue weighted by Crippen LogP contribution is -2.66. The van der Waals surface area contributed by atoms with Crippen LogP contribution in [0.4, 0.5) is 26.3 Å². The number of para-hydroxylation sites is 1. The summed E-state index contributed by atoms with van der Waals surface area (Å²) in [6.07, 6.45) is -10.0. The predicted molar refractivity (Wildman–Crippen MR) is 72.4 cm³/mol. The largest absolute Gasteiger partial charge is 0.542 e. The fourth-order valence-electron chi connectivity index (χ4n) is 1.99. The lowest BCUT2D eigenvalue weighted by atomic mass is 10.0. The van der Waals surface area contributed by atoms with Crippen molar-refractivity contribution in [2.75, 3.05) is 0 Å². The summed E-state index contributed by atoms with van der Waals surface area (Å²) >= 11 is 0. The summed E-state index contributed by atoms with van der Waals surface area (Å²) < 4.78 is 70.4. The van der Waals surface area contributed by atoms with Gasteiger partial charge >= 0.3 is 18.3 Å². The molecule has 0 unspecified atom stereocenters. The number of hydrogen-bond donors (Lipinski definition) is 3. The summed E-state index contributed by atoms with van der Waals surface area (Å²) in [6.45, 7) is 0. The van der Waals surface area contributed by atoms with Gasteiger partial charge in [-0.2, -0.15) is 26.3 Å². The highest BCUT2D eigenvalue weighted by Gasteiger charge is 2.37. The second-order valence-corrected chi connectivity index (χ2v) is 5.05. The van der Waals surface area contributed by atoms with E-state index in [0.29, 0.717) is 10.9 Å². The van der Waals surface area contributed by atoms with Gasteiger partial charge in [-0.15, -0.1) is 0 Å². The average Bonchev–Trinajstić information content (AvgIpc) is 2.86. The molecular formula is C14H12F6N2O4. The fraction of sp³-hybridized carbons (Fsp3) is 0.286. The molecule has 1 heterocycles. The Bertz CT molecular complexity index is 797. The number of hydrogen-bond acceptors (Lipinski definition) is 3. The van der Waals surface area contributed by atoms with Crippen LogP contribution in [-0.4, -0.2) is 34.2 Å². The maximum Gasteiger partial charge on any atom is 0.431 e. The van der Waals surface area contributed by atoms with Crippen LogP contribution in [-0.2, 0) is 22.2 Å². The Hall–Kier alpha value is -2.76. The number of aromatic nitrogens is 1. The smallest absolute Gasteiger partial charge is 0.431 e.